The number of fused-ring (bicyclic) bond motifs is 1. The van der Waals surface area contributed by atoms with Gasteiger partial charge in [0.05, 0.1) is 16.6 Å². The van der Waals surface area contributed by atoms with Gasteiger partial charge in [0.15, 0.2) is 0 Å². The largest absolute Gasteiger partial charge is 0.495 e. The summed E-state index contributed by atoms with van der Waals surface area (Å²) in [5.41, 5.74) is 2.02. The van der Waals surface area contributed by atoms with Gasteiger partial charge in [-0.2, -0.15) is 0 Å². The zero-order valence-electron chi connectivity index (χ0n) is 10.8. The van der Waals surface area contributed by atoms with Crippen LogP contribution in [0.1, 0.15) is 0 Å². The van der Waals surface area contributed by atoms with Crippen LogP contribution in [0.4, 0.5) is 0 Å². The van der Waals surface area contributed by atoms with Gasteiger partial charge in [-0.05, 0) is 43.9 Å². The third-order valence-electron chi connectivity index (χ3n) is 3.21. The van der Waals surface area contributed by atoms with Crippen molar-refractivity contribution >= 4 is 38.3 Å². The number of ether oxygens (including phenoxy) is 1. The molecule has 3 aromatic rings. The highest BCUT2D eigenvalue weighted by Crippen LogP contribution is 2.38. The number of rotatable bonds is 2. The van der Waals surface area contributed by atoms with Crippen LogP contribution in [-0.2, 0) is 0 Å². The second kappa shape index (κ2) is 5.47. The van der Waals surface area contributed by atoms with E-state index in [0.717, 1.165) is 15.6 Å². The van der Waals surface area contributed by atoms with Crippen LogP contribution in [0.5, 0.6) is 5.75 Å². The molecule has 0 amide bonds. The third-order valence-corrected chi connectivity index (χ3v) is 4.53. The van der Waals surface area contributed by atoms with Crippen LogP contribution >= 0.6 is 27.5 Å². The molecule has 0 saturated heterocycles. The number of hydrogen-bond acceptors (Lipinski definition) is 1. The fourth-order valence-electron chi connectivity index (χ4n) is 2.26. The van der Waals surface area contributed by atoms with Crippen molar-refractivity contribution in [2.75, 3.05) is 7.11 Å². The fourth-order valence-corrected chi connectivity index (χ4v) is 2.83. The van der Waals surface area contributed by atoms with Crippen molar-refractivity contribution < 1.29 is 4.74 Å². The van der Waals surface area contributed by atoms with Crippen molar-refractivity contribution in [1.29, 1.82) is 0 Å². The molecule has 0 aliphatic rings. The lowest BCUT2D eigenvalue weighted by Crippen LogP contribution is -1.88. The van der Waals surface area contributed by atoms with E-state index in [4.69, 9.17) is 16.3 Å². The van der Waals surface area contributed by atoms with E-state index >= 15 is 0 Å². The Bertz CT molecular complexity index is 778. The Labute approximate surface area is 131 Å². The predicted octanol–water partition coefficient (Wildman–Crippen LogP) is 5.73. The fraction of sp³-hybridized carbons (Fsp3) is 0.0588. The summed E-state index contributed by atoms with van der Waals surface area (Å²) < 4.78 is 6.04. The molecule has 0 heterocycles. The summed E-state index contributed by atoms with van der Waals surface area (Å²) in [6.45, 7) is 0. The molecule has 0 fully saturated rings. The minimum atomic E-state index is 0.612. The SMILES string of the molecule is COc1[c]c(-c2cccc3ccccc23)cc(Cl)c1Br. The van der Waals surface area contributed by atoms with Crippen molar-refractivity contribution in [2.45, 2.75) is 0 Å². The Balaban J connectivity index is 2.28. The minimum Gasteiger partial charge on any atom is -0.495 e. The highest BCUT2D eigenvalue weighted by Gasteiger charge is 2.11. The van der Waals surface area contributed by atoms with Crippen LogP contribution < -0.4 is 4.74 Å². The Kier molecular flexibility index (Phi) is 3.68. The molecule has 3 aromatic carbocycles. The molecule has 0 atom stereocenters. The maximum atomic E-state index is 6.25. The smallest absolute Gasteiger partial charge is 0.143 e. The van der Waals surface area contributed by atoms with Gasteiger partial charge in [0, 0.05) is 6.07 Å². The van der Waals surface area contributed by atoms with E-state index in [9.17, 15) is 0 Å². The zero-order valence-corrected chi connectivity index (χ0v) is 13.1. The van der Waals surface area contributed by atoms with Gasteiger partial charge in [0.2, 0.25) is 0 Å². The summed E-state index contributed by atoms with van der Waals surface area (Å²) in [7, 11) is 1.61. The highest BCUT2D eigenvalue weighted by molar-refractivity contribution is 9.10. The highest BCUT2D eigenvalue weighted by atomic mass is 79.9. The molecule has 0 unspecified atom stereocenters. The van der Waals surface area contributed by atoms with Crippen LogP contribution in [0.15, 0.2) is 53.0 Å². The lowest BCUT2D eigenvalue weighted by atomic mass is 9.98. The van der Waals surface area contributed by atoms with Gasteiger partial charge in [-0.15, -0.1) is 0 Å². The molecular weight excluding hydrogens is 336 g/mol. The normalized spacial score (nSPS) is 10.8. The number of hydrogen-bond donors (Lipinski definition) is 0. The lowest BCUT2D eigenvalue weighted by molar-refractivity contribution is 0.411. The first-order valence-electron chi connectivity index (χ1n) is 6.14. The maximum absolute atomic E-state index is 6.25. The molecule has 0 spiro atoms. The van der Waals surface area contributed by atoms with Crippen LogP contribution in [0.3, 0.4) is 0 Å². The molecule has 0 aliphatic carbocycles. The van der Waals surface area contributed by atoms with Crippen LogP contribution in [0, 0.1) is 6.07 Å². The van der Waals surface area contributed by atoms with E-state index in [2.05, 4.69) is 46.3 Å². The van der Waals surface area contributed by atoms with E-state index in [1.165, 1.54) is 10.8 Å². The third kappa shape index (κ3) is 2.30. The van der Waals surface area contributed by atoms with Crippen molar-refractivity contribution in [2.24, 2.45) is 0 Å². The molecule has 3 rings (SSSR count). The predicted molar refractivity (Wildman–Crippen MR) is 87.5 cm³/mol. The van der Waals surface area contributed by atoms with E-state index in [1.807, 2.05) is 24.3 Å². The molecule has 1 radical (unpaired) electrons. The Morgan fingerprint density at radius 1 is 1.10 bits per heavy atom. The standard InChI is InChI=1S/C17H11BrClO/c1-20-16-10-12(9-15(19)17(16)18)14-8-4-6-11-5-2-3-7-13(11)14/h2-9H,1H3. The summed E-state index contributed by atoms with van der Waals surface area (Å²) in [4.78, 5) is 0. The lowest BCUT2D eigenvalue weighted by Gasteiger charge is -2.10. The first-order chi connectivity index (χ1) is 9.70. The molecular formula is C17H11BrClO. The first kappa shape index (κ1) is 13.5. The molecule has 0 aliphatic heterocycles. The second-order valence-electron chi connectivity index (χ2n) is 4.40. The maximum Gasteiger partial charge on any atom is 0.143 e. The van der Waals surface area contributed by atoms with Crippen LogP contribution in [0.2, 0.25) is 5.02 Å². The molecule has 3 heteroatoms. The van der Waals surface area contributed by atoms with Gasteiger partial charge in [-0.3, -0.25) is 0 Å². The molecule has 20 heavy (non-hydrogen) atoms. The average molecular weight is 347 g/mol. The number of methoxy groups -OCH3 is 1. The van der Waals surface area contributed by atoms with Gasteiger partial charge in [0.25, 0.3) is 0 Å². The van der Waals surface area contributed by atoms with Crippen molar-refractivity contribution in [3.63, 3.8) is 0 Å². The van der Waals surface area contributed by atoms with Crippen molar-refractivity contribution in [3.8, 4) is 16.9 Å². The van der Waals surface area contributed by atoms with Crippen LogP contribution in [-0.4, -0.2) is 7.11 Å². The minimum absolute atomic E-state index is 0.612. The van der Waals surface area contributed by atoms with Gasteiger partial charge >= 0.3 is 0 Å². The summed E-state index contributed by atoms with van der Waals surface area (Å²) in [5.74, 6) is 0.612. The Morgan fingerprint density at radius 3 is 2.65 bits per heavy atom. The van der Waals surface area contributed by atoms with E-state index in [1.54, 1.807) is 7.11 Å². The van der Waals surface area contributed by atoms with Crippen LogP contribution in [0.25, 0.3) is 21.9 Å². The first-order valence-corrected chi connectivity index (χ1v) is 7.31. The molecule has 0 saturated carbocycles. The molecule has 0 bridgehead atoms. The summed E-state index contributed by atoms with van der Waals surface area (Å²) in [5, 5.41) is 2.98. The van der Waals surface area contributed by atoms with Gasteiger partial charge in [0.1, 0.15) is 5.75 Å². The molecule has 0 N–H and O–H groups in total. The average Bonchev–Trinajstić information content (AvgIpc) is 2.49. The molecule has 1 nitrogen and oxygen atoms in total. The van der Waals surface area contributed by atoms with Crippen molar-refractivity contribution in [1.82, 2.24) is 0 Å². The topological polar surface area (TPSA) is 9.23 Å². The second-order valence-corrected chi connectivity index (χ2v) is 5.61. The number of halogens is 2. The summed E-state index contributed by atoms with van der Waals surface area (Å²) >= 11 is 9.66. The summed E-state index contributed by atoms with van der Waals surface area (Å²) in [6, 6.07) is 19.6. The van der Waals surface area contributed by atoms with Gasteiger partial charge in [-0.25, -0.2) is 0 Å². The Morgan fingerprint density at radius 2 is 1.85 bits per heavy atom. The molecule has 99 valence electrons. The zero-order chi connectivity index (χ0) is 14.1. The van der Waals surface area contributed by atoms with Gasteiger partial charge in [-0.1, -0.05) is 54.1 Å². The summed E-state index contributed by atoms with van der Waals surface area (Å²) in [6.07, 6.45) is 0. The van der Waals surface area contributed by atoms with E-state index in [0.29, 0.717) is 10.8 Å². The monoisotopic (exact) mass is 345 g/mol. The van der Waals surface area contributed by atoms with E-state index < -0.39 is 0 Å². The Hall–Kier alpha value is -1.51. The number of benzene rings is 3. The quantitative estimate of drug-likeness (QED) is 0.575. The van der Waals surface area contributed by atoms with E-state index in [-0.39, 0.29) is 0 Å². The van der Waals surface area contributed by atoms with Gasteiger partial charge < -0.3 is 4.74 Å². The molecule has 0 aromatic heterocycles. The van der Waals surface area contributed by atoms with Crippen molar-refractivity contribution in [3.05, 3.63) is 64.1 Å².